The van der Waals surface area contributed by atoms with E-state index in [4.69, 9.17) is 16.3 Å². The van der Waals surface area contributed by atoms with Crippen molar-refractivity contribution in [1.29, 1.82) is 0 Å². The van der Waals surface area contributed by atoms with Crippen LogP contribution in [-0.4, -0.2) is 39.5 Å². The lowest BCUT2D eigenvalue weighted by Crippen LogP contribution is -2.48. The summed E-state index contributed by atoms with van der Waals surface area (Å²) in [6.07, 6.45) is 1.18. The predicted molar refractivity (Wildman–Crippen MR) is 58.7 cm³/mol. The summed E-state index contributed by atoms with van der Waals surface area (Å²) in [5.41, 5.74) is 0.186. The van der Waals surface area contributed by atoms with Crippen molar-refractivity contribution >= 4 is 27.5 Å². The number of aliphatic hydroxyl groups excluding tert-OH is 1. The maximum atomic E-state index is 9.94. The average molecular weight is 286 g/mol. The summed E-state index contributed by atoms with van der Waals surface area (Å²) in [4.78, 5) is -0.0450. The maximum absolute atomic E-state index is 9.94. The summed E-state index contributed by atoms with van der Waals surface area (Å²) in [6, 6.07) is 0. The molecule has 0 aromatic carbocycles. The largest absolute Gasteiger partial charge is 0.390 e. The van der Waals surface area contributed by atoms with E-state index in [-0.39, 0.29) is 17.5 Å². The molecule has 82 valence electrons. The van der Waals surface area contributed by atoms with Crippen LogP contribution in [0.25, 0.3) is 0 Å². The van der Waals surface area contributed by atoms with Crippen molar-refractivity contribution in [2.75, 3.05) is 6.61 Å². The predicted octanol–water partition coefficient (Wildman–Crippen LogP) is 1.40. The molecule has 0 aliphatic carbocycles. The molecule has 4 atom stereocenters. The fourth-order valence-corrected chi connectivity index (χ4v) is 2.14. The fourth-order valence-electron chi connectivity index (χ4n) is 1.39. The molecule has 1 saturated heterocycles. The molecule has 1 fully saturated rings. The number of ether oxygens (including phenoxy) is 1. The van der Waals surface area contributed by atoms with Crippen molar-refractivity contribution in [1.82, 2.24) is 0 Å². The van der Waals surface area contributed by atoms with E-state index in [0.717, 1.165) is 0 Å². The number of hydrogen-bond acceptors (Lipinski definition) is 3. The van der Waals surface area contributed by atoms with Crippen LogP contribution in [0.3, 0.4) is 0 Å². The van der Waals surface area contributed by atoms with Gasteiger partial charge in [-0.25, -0.2) is 0 Å². The minimum Gasteiger partial charge on any atom is -0.390 e. The third kappa shape index (κ3) is 2.94. The highest BCUT2D eigenvalue weighted by Crippen LogP contribution is 2.28. The van der Waals surface area contributed by atoms with Gasteiger partial charge in [-0.3, -0.25) is 0 Å². The Morgan fingerprint density at radius 3 is 2.79 bits per heavy atom. The molecule has 1 rings (SSSR count). The van der Waals surface area contributed by atoms with Crippen LogP contribution in [0, 0.1) is 0 Å². The van der Waals surface area contributed by atoms with Crippen LogP contribution in [-0.2, 0) is 4.74 Å². The Kier molecular flexibility index (Phi) is 4.40. The van der Waals surface area contributed by atoms with Gasteiger partial charge >= 0.3 is 0 Å². The van der Waals surface area contributed by atoms with E-state index in [1.54, 1.807) is 6.92 Å². The Morgan fingerprint density at radius 1 is 1.64 bits per heavy atom. The normalized spacial score (nSPS) is 38.5. The molecule has 0 bridgehead atoms. The summed E-state index contributed by atoms with van der Waals surface area (Å²) in [6.45, 7) is 1.86. The Hall–Kier alpha value is 0.390. The van der Waals surface area contributed by atoms with Crippen molar-refractivity contribution in [3.63, 3.8) is 0 Å². The van der Waals surface area contributed by atoms with E-state index in [1.165, 1.54) is 11.6 Å². The first-order valence-corrected chi connectivity index (χ1v) is 5.76. The van der Waals surface area contributed by atoms with Crippen LogP contribution in [0.2, 0.25) is 0 Å². The summed E-state index contributed by atoms with van der Waals surface area (Å²) >= 11 is 8.75. The third-order valence-electron chi connectivity index (χ3n) is 2.38. The molecule has 0 radical (unpaired) electrons. The van der Waals surface area contributed by atoms with Crippen LogP contribution < -0.4 is 0 Å². The molecule has 0 aromatic heterocycles. The Balaban J connectivity index is 2.62. The Morgan fingerprint density at radius 2 is 2.29 bits per heavy atom. The average Bonchev–Trinajstić information content (AvgIpc) is 2.09. The van der Waals surface area contributed by atoms with Gasteiger partial charge in [0, 0.05) is 10.4 Å². The maximum Gasteiger partial charge on any atom is 0.107 e. The summed E-state index contributed by atoms with van der Waals surface area (Å²) < 4.78 is 5.34. The van der Waals surface area contributed by atoms with Gasteiger partial charge < -0.3 is 14.9 Å². The Labute approximate surface area is 96.8 Å². The fraction of sp³-hybridized carbons (Fsp3) is 0.778. The highest BCUT2D eigenvalue weighted by molar-refractivity contribution is 9.09. The number of rotatable bonds is 2. The molecule has 0 saturated carbocycles. The molecule has 0 amide bonds. The molecule has 5 heteroatoms. The number of aliphatic hydroxyl groups is 2. The van der Waals surface area contributed by atoms with Crippen LogP contribution in [0.15, 0.2) is 11.6 Å². The molecule has 1 aliphatic rings. The van der Waals surface area contributed by atoms with Gasteiger partial charge in [0.05, 0.1) is 18.8 Å². The van der Waals surface area contributed by atoms with Crippen molar-refractivity contribution in [2.45, 2.75) is 36.0 Å². The van der Waals surface area contributed by atoms with Crippen LogP contribution >= 0.6 is 27.5 Å². The second-order valence-electron chi connectivity index (χ2n) is 3.66. The lowest BCUT2D eigenvalue weighted by atomic mass is 9.92. The van der Waals surface area contributed by atoms with E-state index in [2.05, 4.69) is 15.9 Å². The van der Waals surface area contributed by atoms with Crippen LogP contribution in [0.1, 0.15) is 13.3 Å². The monoisotopic (exact) mass is 284 g/mol. The van der Waals surface area contributed by atoms with Gasteiger partial charge in [0.2, 0.25) is 0 Å². The molecular formula is C9H14BrClO3. The molecule has 1 aliphatic heterocycles. The zero-order valence-corrected chi connectivity index (χ0v) is 10.2. The molecule has 2 N–H and O–H groups in total. The van der Waals surface area contributed by atoms with E-state index in [0.29, 0.717) is 6.42 Å². The van der Waals surface area contributed by atoms with Gasteiger partial charge in [-0.2, -0.15) is 0 Å². The van der Waals surface area contributed by atoms with Crippen LogP contribution in [0.5, 0.6) is 0 Å². The first-order valence-electron chi connectivity index (χ1n) is 4.41. The molecule has 14 heavy (non-hydrogen) atoms. The standard InChI is InChI=1S/C9H14BrClO3/c1-9(13,2-3-11)8-4-6(10)7(12)5-14-8/h2-3,6-8,12-13H,4-5H2,1H3/b3-2+/t6-,7-,8+,9-/m1/s1. The molecular weight excluding hydrogens is 271 g/mol. The van der Waals surface area contributed by atoms with Crippen LogP contribution in [0.4, 0.5) is 0 Å². The summed E-state index contributed by atoms with van der Waals surface area (Å²) in [5, 5.41) is 19.3. The van der Waals surface area contributed by atoms with Gasteiger partial charge in [-0.05, 0) is 19.4 Å². The topological polar surface area (TPSA) is 49.7 Å². The van der Waals surface area contributed by atoms with E-state index in [9.17, 15) is 10.2 Å². The van der Waals surface area contributed by atoms with E-state index in [1.807, 2.05) is 0 Å². The van der Waals surface area contributed by atoms with E-state index >= 15 is 0 Å². The molecule has 0 aromatic rings. The first kappa shape index (κ1) is 12.5. The quantitative estimate of drug-likeness (QED) is 0.754. The molecule has 3 nitrogen and oxygen atoms in total. The zero-order chi connectivity index (χ0) is 10.8. The van der Waals surface area contributed by atoms with Gasteiger partial charge in [-0.15, -0.1) is 0 Å². The van der Waals surface area contributed by atoms with Crippen molar-refractivity contribution in [3.05, 3.63) is 11.6 Å². The zero-order valence-electron chi connectivity index (χ0n) is 7.86. The van der Waals surface area contributed by atoms with Gasteiger partial charge in [0.25, 0.3) is 0 Å². The smallest absolute Gasteiger partial charge is 0.107 e. The lowest BCUT2D eigenvalue weighted by molar-refractivity contribution is -0.121. The Bertz CT molecular complexity index is 220. The van der Waals surface area contributed by atoms with Gasteiger partial charge in [0.15, 0.2) is 0 Å². The SMILES string of the molecule is C[C@@](O)(/C=C/Cl)[C@@H]1C[C@@H](Br)[C@H](O)CO1. The number of hydrogen-bond donors (Lipinski definition) is 2. The molecule has 0 spiro atoms. The second-order valence-corrected chi connectivity index (χ2v) is 5.09. The lowest BCUT2D eigenvalue weighted by Gasteiger charge is -2.37. The molecule has 1 heterocycles. The first-order chi connectivity index (χ1) is 6.47. The van der Waals surface area contributed by atoms with Crippen molar-refractivity contribution < 1.29 is 14.9 Å². The van der Waals surface area contributed by atoms with Gasteiger partial charge in [-0.1, -0.05) is 27.5 Å². The van der Waals surface area contributed by atoms with Gasteiger partial charge in [0.1, 0.15) is 5.60 Å². The number of halogens is 2. The minimum absolute atomic E-state index is 0.0450. The van der Waals surface area contributed by atoms with Crippen molar-refractivity contribution in [3.8, 4) is 0 Å². The van der Waals surface area contributed by atoms with Crippen molar-refractivity contribution in [2.24, 2.45) is 0 Å². The minimum atomic E-state index is -1.09. The highest BCUT2D eigenvalue weighted by Gasteiger charge is 2.37. The highest BCUT2D eigenvalue weighted by atomic mass is 79.9. The molecule has 0 unspecified atom stereocenters. The number of alkyl halides is 1. The summed E-state index contributed by atoms with van der Waals surface area (Å²) in [5.74, 6) is 0. The third-order valence-corrected chi connectivity index (χ3v) is 3.49. The second kappa shape index (κ2) is 4.94. The van der Waals surface area contributed by atoms with E-state index < -0.39 is 11.7 Å². The summed E-state index contributed by atoms with van der Waals surface area (Å²) in [7, 11) is 0.